The van der Waals surface area contributed by atoms with Crippen molar-refractivity contribution >= 4 is 11.6 Å². The van der Waals surface area contributed by atoms with Crippen LogP contribution >= 0.6 is 0 Å². The number of likely N-dealkylation sites (tertiary alicyclic amines) is 1. The Morgan fingerprint density at radius 2 is 2.30 bits per heavy atom. The first-order valence-corrected chi connectivity index (χ1v) is 7.69. The zero-order chi connectivity index (χ0) is 15.8. The van der Waals surface area contributed by atoms with Crippen LogP contribution in [0.5, 0.6) is 0 Å². The maximum atomic E-state index is 11.6. The molecular weight excluding hydrogens is 292 g/mol. The van der Waals surface area contributed by atoms with Crippen molar-refractivity contribution in [3.8, 4) is 0 Å². The number of rotatable bonds is 3. The summed E-state index contributed by atoms with van der Waals surface area (Å²) in [5.41, 5.74) is 8.37. The average molecular weight is 310 g/mol. The number of imidazole rings is 1. The Morgan fingerprint density at radius 3 is 3.17 bits per heavy atom. The molecule has 1 saturated heterocycles. The molecule has 1 unspecified atom stereocenters. The van der Waals surface area contributed by atoms with Gasteiger partial charge in [0.1, 0.15) is 5.65 Å². The summed E-state index contributed by atoms with van der Waals surface area (Å²) < 4.78 is 2.11. The summed E-state index contributed by atoms with van der Waals surface area (Å²) in [4.78, 5) is 25.1. The number of aromatic amines is 1. The first kappa shape index (κ1) is 14.0. The van der Waals surface area contributed by atoms with E-state index in [9.17, 15) is 4.79 Å². The van der Waals surface area contributed by atoms with Gasteiger partial charge in [0, 0.05) is 31.3 Å². The lowest BCUT2D eigenvalue weighted by Gasteiger charge is -2.15. The molecule has 23 heavy (non-hydrogen) atoms. The van der Waals surface area contributed by atoms with Gasteiger partial charge in [0.15, 0.2) is 0 Å². The summed E-state index contributed by atoms with van der Waals surface area (Å²) in [6.07, 6.45) is 4.93. The summed E-state index contributed by atoms with van der Waals surface area (Å²) in [6.45, 7) is 2.68. The maximum Gasteiger partial charge on any atom is 0.252 e. The average Bonchev–Trinajstić information content (AvgIpc) is 3.15. The molecule has 3 aromatic heterocycles. The topological polar surface area (TPSA) is 92.3 Å². The Balaban J connectivity index is 1.51. The van der Waals surface area contributed by atoms with Gasteiger partial charge in [-0.3, -0.25) is 14.7 Å². The van der Waals surface area contributed by atoms with Gasteiger partial charge in [-0.05, 0) is 25.1 Å². The van der Waals surface area contributed by atoms with E-state index >= 15 is 0 Å². The number of anilines is 1. The van der Waals surface area contributed by atoms with E-state index in [2.05, 4.69) is 24.3 Å². The standard InChI is InChI=1S/C16H18N6O/c17-16-19-13(7-15(23)20-16)11-4-6-21(9-11)10-12-8-18-14-3-1-2-5-22(12)14/h1-3,5,7-8,11H,4,6,9-10H2,(H3,17,19,20,23). The molecule has 0 radical (unpaired) electrons. The number of nitrogen functional groups attached to an aromatic ring is 1. The third kappa shape index (κ3) is 2.70. The molecule has 1 aliphatic heterocycles. The van der Waals surface area contributed by atoms with E-state index in [4.69, 9.17) is 5.73 Å². The monoisotopic (exact) mass is 310 g/mol. The van der Waals surface area contributed by atoms with Crippen molar-refractivity contribution in [2.24, 2.45) is 0 Å². The largest absolute Gasteiger partial charge is 0.369 e. The number of H-pyrrole nitrogens is 1. The Bertz CT molecular complexity index is 899. The number of fused-ring (bicyclic) bond motifs is 1. The van der Waals surface area contributed by atoms with Crippen LogP contribution in [0.4, 0.5) is 5.95 Å². The van der Waals surface area contributed by atoms with Crippen LogP contribution in [-0.2, 0) is 6.54 Å². The van der Waals surface area contributed by atoms with E-state index in [0.717, 1.165) is 37.4 Å². The second-order valence-corrected chi connectivity index (χ2v) is 5.95. The predicted octanol–water partition coefficient (Wildman–Crippen LogP) is 0.989. The number of nitrogens with two attached hydrogens (primary N) is 1. The van der Waals surface area contributed by atoms with E-state index in [1.165, 1.54) is 5.69 Å². The van der Waals surface area contributed by atoms with Crippen LogP contribution in [0.15, 0.2) is 41.5 Å². The third-order valence-corrected chi connectivity index (χ3v) is 4.35. The Labute approximate surface area is 132 Å². The van der Waals surface area contributed by atoms with Crippen molar-refractivity contribution in [1.82, 2.24) is 24.3 Å². The minimum Gasteiger partial charge on any atom is -0.369 e. The van der Waals surface area contributed by atoms with Crippen molar-refractivity contribution in [3.05, 3.63) is 58.4 Å². The van der Waals surface area contributed by atoms with Crippen LogP contribution in [0.3, 0.4) is 0 Å². The van der Waals surface area contributed by atoms with Gasteiger partial charge in [0.2, 0.25) is 5.95 Å². The molecule has 0 aromatic carbocycles. The highest BCUT2D eigenvalue weighted by Crippen LogP contribution is 2.26. The smallest absolute Gasteiger partial charge is 0.252 e. The van der Waals surface area contributed by atoms with Crippen molar-refractivity contribution in [1.29, 1.82) is 0 Å². The van der Waals surface area contributed by atoms with Gasteiger partial charge in [0.05, 0.1) is 17.6 Å². The molecule has 0 saturated carbocycles. The number of pyridine rings is 1. The Hall–Kier alpha value is -2.67. The number of nitrogens with one attached hydrogen (secondary N) is 1. The van der Waals surface area contributed by atoms with E-state index < -0.39 is 0 Å². The number of aromatic nitrogens is 4. The number of hydrogen-bond acceptors (Lipinski definition) is 5. The van der Waals surface area contributed by atoms with Crippen molar-refractivity contribution in [2.45, 2.75) is 18.9 Å². The quantitative estimate of drug-likeness (QED) is 0.752. The fourth-order valence-corrected chi connectivity index (χ4v) is 3.25. The molecule has 0 spiro atoms. The molecule has 3 aromatic rings. The van der Waals surface area contributed by atoms with Gasteiger partial charge in [-0.2, -0.15) is 0 Å². The van der Waals surface area contributed by atoms with E-state index in [1.807, 2.05) is 30.6 Å². The highest BCUT2D eigenvalue weighted by Gasteiger charge is 2.26. The summed E-state index contributed by atoms with van der Waals surface area (Å²) >= 11 is 0. The molecule has 7 nitrogen and oxygen atoms in total. The van der Waals surface area contributed by atoms with Gasteiger partial charge in [-0.25, -0.2) is 9.97 Å². The summed E-state index contributed by atoms with van der Waals surface area (Å²) in [5, 5.41) is 0. The summed E-state index contributed by atoms with van der Waals surface area (Å²) in [6, 6.07) is 7.55. The molecule has 1 fully saturated rings. The second kappa shape index (κ2) is 5.51. The summed E-state index contributed by atoms with van der Waals surface area (Å²) in [7, 11) is 0. The van der Waals surface area contributed by atoms with Crippen LogP contribution in [0.25, 0.3) is 5.65 Å². The lowest BCUT2D eigenvalue weighted by molar-refractivity contribution is 0.321. The molecule has 0 aliphatic carbocycles. The maximum absolute atomic E-state index is 11.6. The minimum atomic E-state index is -0.187. The second-order valence-electron chi connectivity index (χ2n) is 5.95. The van der Waals surface area contributed by atoms with Crippen LogP contribution < -0.4 is 11.3 Å². The SMILES string of the molecule is Nc1nc(C2CCN(Cc3cnc4ccccn34)C2)cc(=O)[nH]1. The molecule has 0 bridgehead atoms. The fraction of sp³-hybridized carbons (Fsp3) is 0.312. The molecule has 1 atom stereocenters. The van der Waals surface area contributed by atoms with Crippen LogP contribution in [-0.4, -0.2) is 37.3 Å². The zero-order valence-corrected chi connectivity index (χ0v) is 12.6. The van der Waals surface area contributed by atoms with Gasteiger partial charge in [-0.15, -0.1) is 0 Å². The van der Waals surface area contributed by atoms with Gasteiger partial charge in [0.25, 0.3) is 5.56 Å². The Morgan fingerprint density at radius 1 is 1.39 bits per heavy atom. The lowest BCUT2D eigenvalue weighted by Crippen LogP contribution is -2.21. The van der Waals surface area contributed by atoms with Crippen molar-refractivity contribution in [3.63, 3.8) is 0 Å². The molecule has 0 amide bonds. The first-order chi connectivity index (χ1) is 11.2. The van der Waals surface area contributed by atoms with Gasteiger partial charge >= 0.3 is 0 Å². The van der Waals surface area contributed by atoms with Crippen LogP contribution in [0.2, 0.25) is 0 Å². The predicted molar refractivity (Wildman–Crippen MR) is 87.1 cm³/mol. The van der Waals surface area contributed by atoms with E-state index in [-0.39, 0.29) is 17.4 Å². The third-order valence-electron chi connectivity index (χ3n) is 4.35. The lowest BCUT2D eigenvalue weighted by atomic mass is 10.1. The first-order valence-electron chi connectivity index (χ1n) is 7.69. The summed E-state index contributed by atoms with van der Waals surface area (Å²) in [5.74, 6) is 0.437. The molecule has 3 N–H and O–H groups in total. The van der Waals surface area contributed by atoms with E-state index in [0.29, 0.717) is 0 Å². The zero-order valence-electron chi connectivity index (χ0n) is 12.6. The highest BCUT2D eigenvalue weighted by molar-refractivity contribution is 5.39. The van der Waals surface area contributed by atoms with Gasteiger partial charge in [-0.1, -0.05) is 6.07 Å². The van der Waals surface area contributed by atoms with Gasteiger partial charge < -0.3 is 10.1 Å². The molecule has 7 heteroatoms. The van der Waals surface area contributed by atoms with Crippen LogP contribution in [0, 0.1) is 0 Å². The number of nitrogens with zero attached hydrogens (tertiary/aromatic N) is 4. The molecule has 1 aliphatic rings. The molecule has 4 heterocycles. The molecule has 118 valence electrons. The van der Waals surface area contributed by atoms with Crippen molar-refractivity contribution in [2.75, 3.05) is 18.8 Å². The van der Waals surface area contributed by atoms with Crippen molar-refractivity contribution < 1.29 is 0 Å². The normalized spacial score (nSPS) is 18.7. The van der Waals surface area contributed by atoms with E-state index in [1.54, 1.807) is 6.07 Å². The molecular formula is C16H18N6O. The highest BCUT2D eigenvalue weighted by atomic mass is 16.1. The minimum absolute atomic E-state index is 0.187. The molecule has 4 rings (SSSR count). The fourth-order valence-electron chi connectivity index (χ4n) is 3.25. The Kier molecular flexibility index (Phi) is 3.34. The van der Waals surface area contributed by atoms with Crippen LogP contribution in [0.1, 0.15) is 23.7 Å². The number of hydrogen-bond donors (Lipinski definition) is 2.